The van der Waals surface area contributed by atoms with Gasteiger partial charge in [-0.15, -0.1) is 11.8 Å². The molecule has 0 unspecified atom stereocenters. The predicted molar refractivity (Wildman–Crippen MR) is 111 cm³/mol. The molecule has 0 spiro atoms. The van der Waals surface area contributed by atoms with Crippen LogP contribution in [0.1, 0.15) is 52.0 Å². The molecule has 25 heavy (non-hydrogen) atoms. The van der Waals surface area contributed by atoms with Crippen molar-refractivity contribution in [1.82, 2.24) is 9.80 Å². The molecular formula is C22H34N2S. The first-order valence-electron chi connectivity index (χ1n) is 9.91. The maximum Gasteiger partial charge on any atom is 0.0120 e. The van der Waals surface area contributed by atoms with Crippen LogP contribution in [0.25, 0.3) is 5.57 Å². The Morgan fingerprint density at radius 2 is 1.60 bits per heavy atom. The van der Waals surface area contributed by atoms with Crippen molar-refractivity contribution in [3.63, 3.8) is 0 Å². The SMILES string of the molecule is CC(=C1CCN(C2CCN(C)CC2)CC1)c1ccc(SC(C)C)cc1. The normalized spacial score (nSPS) is 21.1. The fraction of sp³-hybridized carbons (Fsp3) is 0.636. The molecular weight excluding hydrogens is 324 g/mol. The second-order valence-corrected chi connectivity index (χ2v) is 9.64. The number of hydrogen-bond acceptors (Lipinski definition) is 3. The molecule has 138 valence electrons. The fourth-order valence-corrected chi connectivity index (χ4v) is 4.99. The smallest absolute Gasteiger partial charge is 0.0120 e. The van der Waals surface area contributed by atoms with E-state index < -0.39 is 0 Å². The number of benzene rings is 1. The van der Waals surface area contributed by atoms with Crippen molar-refractivity contribution in [2.75, 3.05) is 33.2 Å². The molecule has 0 aromatic heterocycles. The number of piperidine rings is 2. The Balaban J connectivity index is 1.58. The molecule has 0 amide bonds. The molecule has 0 saturated carbocycles. The highest BCUT2D eigenvalue weighted by Crippen LogP contribution is 2.30. The van der Waals surface area contributed by atoms with Crippen LogP contribution in [0.3, 0.4) is 0 Å². The minimum Gasteiger partial charge on any atom is -0.306 e. The quantitative estimate of drug-likeness (QED) is 0.687. The average molecular weight is 359 g/mol. The maximum atomic E-state index is 2.76. The van der Waals surface area contributed by atoms with Gasteiger partial charge < -0.3 is 4.90 Å². The third-order valence-corrected chi connectivity index (χ3v) is 6.81. The van der Waals surface area contributed by atoms with Crippen LogP contribution in [0.15, 0.2) is 34.7 Å². The van der Waals surface area contributed by atoms with Gasteiger partial charge in [-0.1, -0.05) is 31.6 Å². The third-order valence-electron chi connectivity index (χ3n) is 5.80. The summed E-state index contributed by atoms with van der Waals surface area (Å²) in [7, 11) is 2.25. The lowest BCUT2D eigenvalue weighted by molar-refractivity contribution is 0.114. The molecule has 0 bridgehead atoms. The van der Waals surface area contributed by atoms with Crippen LogP contribution in [0.4, 0.5) is 0 Å². The van der Waals surface area contributed by atoms with E-state index >= 15 is 0 Å². The van der Waals surface area contributed by atoms with Crippen LogP contribution in [-0.2, 0) is 0 Å². The topological polar surface area (TPSA) is 6.48 Å². The Hall–Kier alpha value is -0.770. The summed E-state index contributed by atoms with van der Waals surface area (Å²) in [5.74, 6) is 0. The van der Waals surface area contributed by atoms with E-state index in [0.717, 1.165) is 6.04 Å². The summed E-state index contributed by atoms with van der Waals surface area (Å²) < 4.78 is 0. The van der Waals surface area contributed by atoms with Crippen molar-refractivity contribution in [3.05, 3.63) is 35.4 Å². The maximum absolute atomic E-state index is 2.76. The first-order chi connectivity index (χ1) is 12.0. The van der Waals surface area contributed by atoms with Crippen LogP contribution >= 0.6 is 11.8 Å². The Kier molecular flexibility index (Phi) is 6.65. The summed E-state index contributed by atoms with van der Waals surface area (Å²) in [4.78, 5) is 6.61. The van der Waals surface area contributed by atoms with Crippen molar-refractivity contribution in [3.8, 4) is 0 Å². The van der Waals surface area contributed by atoms with E-state index in [1.165, 1.54) is 67.9 Å². The molecule has 0 atom stereocenters. The second-order valence-electron chi connectivity index (χ2n) is 7.99. The van der Waals surface area contributed by atoms with Crippen LogP contribution in [-0.4, -0.2) is 54.3 Å². The Bertz CT molecular complexity index is 573. The van der Waals surface area contributed by atoms with E-state index in [4.69, 9.17) is 0 Å². The summed E-state index contributed by atoms with van der Waals surface area (Å²) in [5, 5.41) is 0.647. The van der Waals surface area contributed by atoms with Gasteiger partial charge in [0.15, 0.2) is 0 Å². The van der Waals surface area contributed by atoms with Crippen LogP contribution in [0.2, 0.25) is 0 Å². The Labute approximate surface area is 158 Å². The monoisotopic (exact) mass is 358 g/mol. The minimum atomic E-state index is 0.647. The predicted octanol–water partition coefficient (Wildman–Crippen LogP) is 5.15. The zero-order valence-corrected chi connectivity index (χ0v) is 17.2. The molecule has 1 aromatic carbocycles. The lowest BCUT2D eigenvalue weighted by atomic mass is 9.92. The van der Waals surface area contributed by atoms with E-state index in [-0.39, 0.29) is 0 Å². The van der Waals surface area contributed by atoms with Crippen LogP contribution in [0.5, 0.6) is 0 Å². The lowest BCUT2D eigenvalue weighted by Gasteiger charge is -2.40. The van der Waals surface area contributed by atoms with E-state index in [1.54, 1.807) is 5.57 Å². The largest absolute Gasteiger partial charge is 0.306 e. The summed E-state index contributed by atoms with van der Waals surface area (Å²) in [6.45, 7) is 11.9. The highest BCUT2D eigenvalue weighted by molar-refractivity contribution is 7.99. The second kappa shape index (κ2) is 8.75. The molecule has 1 aromatic rings. The summed E-state index contributed by atoms with van der Waals surface area (Å²) in [6, 6.07) is 10.0. The van der Waals surface area contributed by atoms with Crippen molar-refractivity contribution in [2.45, 2.75) is 62.6 Å². The van der Waals surface area contributed by atoms with Gasteiger partial charge in [0.1, 0.15) is 0 Å². The third kappa shape index (κ3) is 5.12. The van der Waals surface area contributed by atoms with Crippen molar-refractivity contribution in [1.29, 1.82) is 0 Å². The van der Waals surface area contributed by atoms with Gasteiger partial charge in [-0.2, -0.15) is 0 Å². The van der Waals surface area contributed by atoms with Gasteiger partial charge in [0.05, 0.1) is 0 Å². The molecule has 0 N–H and O–H groups in total. The Morgan fingerprint density at radius 3 is 2.16 bits per heavy atom. The highest BCUT2D eigenvalue weighted by Gasteiger charge is 2.25. The number of likely N-dealkylation sites (tertiary alicyclic amines) is 2. The molecule has 2 aliphatic rings. The van der Waals surface area contributed by atoms with Crippen molar-refractivity contribution < 1.29 is 0 Å². The first-order valence-corrected chi connectivity index (χ1v) is 10.8. The fourth-order valence-electron chi connectivity index (χ4n) is 4.15. The average Bonchev–Trinajstić information content (AvgIpc) is 2.62. The van der Waals surface area contributed by atoms with Crippen LogP contribution in [0, 0.1) is 0 Å². The van der Waals surface area contributed by atoms with Gasteiger partial charge in [-0.25, -0.2) is 0 Å². The van der Waals surface area contributed by atoms with Crippen molar-refractivity contribution in [2.24, 2.45) is 0 Å². The molecule has 2 nitrogen and oxygen atoms in total. The first kappa shape index (κ1) is 19.0. The molecule has 0 radical (unpaired) electrons. The Morgan fingerprint density at radius 1 is 1.00 bits per heavy atom. The molecule has 2 heterocycles. The summed E-state index contributed by atoms with van der Waals surface area (Å²) in [5.41, 5.74) is 4.61. The van der Waals surface area contributed by atoms with Gasteiger partial charge in [0, 0.05) is 29.3 Å². The standard InChI is InChI=1S/C22H34N2S/c1-17(2)25-22-7-5-19(6-8-22)18(3)20-9-15-24(16-10-20)21-11-13-23(4)14-12-21/h5-8,17,21H,9-16H2,1-4H3. The van der Waals surface area contributed by atoms with E-state index in [2.05, 4.69) is 61.9 Å². The van der Waals surface area contributed by atoms with Crippen LogP contribution < -0.4 is 0 Å². The number of nitrogens with zero attached hydrogens (tertiary/aromatic N) is 2. The van der Waals surface area contributed by atoms with Gasteiger partial charge >= 0.3 is 0 Å². The number of allylic oxidation sites excluding steroid dienone is 1. The lowest BCUT2D eigenvalue weighted by Crippen LogP contribution is -2.46. The number of rotatable bonds is 4. The molecule has 2 aliphatic heterocycles. The van der Waals surface area contributed by atoms with Gasteiger partial charge in [0.2, 0.25) is 0 Å². The van der Waals surface area contributed by atoms with Crippen molar-refractivity contribution >= 4 is 17.3 Å². The van der Waals surface area contributed by atoms with E-state index in [0.29, 0.717) is 5.25 Å². The number of thioether (sulfide) groups is 1. The van der Waals surface area contributed by atoms with Gasteiger partial charge in [-0.05, 0) is 76.0 Å². The molecule has 2 fully saturated rings. The van der Waals surface area contributed by atoms with Gasteiger partial charge in [0.25, 0.3) is 0 Å². The number of hydrogen-bond donors (Lipinski definition) is 0. The summed E-state index contributed by atoms with van der Waals surface area (Å²) in [6.07, 6.45) is 5.20. The summed E-state index contributed by atoms with van der Waals surface area (Å²) >= 11 is 1.94. The molecule has 2 saturated heterocycles. The molecule has 3 heteroatoms. The zero-order valence-electron chi connectivity index (χ0n) is 16.4. The molecule has 0 aliphatic carbocycles. The van der Waals surface area contributed by atoms with Gasteiger partial charge in [-0.3, -0.25) is 4.90 Å². The van der Waals surface area contributed by atoms with E-state index in [1.807, 2.05) is 11.8 Å². The zero-order chi connectivity index (χ0) is 17.8. The van der Waals surface area contributed by atoms with E-state index in [9.17, 15) is 0 Å². The molecule has 3 rings (SSSR count). The minimum absolute atomic E-state index is 0.647. The highest BCUT2D eigenvalue weighted by atomic mass is 32.2.